The van der Waals surface area contributed by atoms with Crippen molar-refractivity contribution in [2.75, 3.05) is 16.9 Å². The number of nitro benzene ring substituents is 1. The number of anilines is 2. The van der Waals surface area contributed by atoms with Crippen molar-refractivity contribution >= 4 is 96.4 Å². The molecule has 5 aromatic rings. The first kappa shape index (κ1) is 37.4. The number of carbonyl (C=O) groups is 4. The van der Waals surface area contributed by atoms with Gasteiger partial charge in [-0.3, -0.25) is 38.9 Å². The van der Waals surface area contributed by atoms with Crippen LogP contribution in [-0.2, 0) is 26.2 Å². The van der Waals surface area contributed by atoms with E-state index in [0.717, 1.165) is 31.0 Å². The number of hydrogen-bond acceptors (Lipinski definition) is 10. The molecule has 16 heteroatoms. The number of hydrogen-bond donors (Lipinski definition) is 1. The van der Waals surface area contributed by atoms with Crippen LogP contribution in [0.1, 0.15) is 36.8 Å². The number of non-ortho nitro benzene ring substituents is 1. The van der Waals surface area contributed by atoms with Crippen LogP contribution in [0, 0.1) is 49.7 Å². The summed E-state index contributed by atoms with van der Waals surface area (Å²) in [5.74, 6) is -5.16. The molecule has 1 N–H and O–H groups in total. The number of aromatic nitrogens is 2. The van der Waals surface area contributed by atoms with Gasteiger partial charge in [0, 0.05) is 40.9 Å². The molecule has 4 aliphatic rings. The van der Waals surface area contributed by atoms with Crippen LogP contribution in [0.5, 0.6) is 11.5 Å². The number of nitrogens with zero attached hydrogens (tertiary/aromatic N) is 5. The number of phenols is 1. The van der Waals surface area contributed by atoms with E-state index in [4.69, 9.17) is 21.4 Å². The van der Waals surface area contributed by atoms with E-state index < -0.39 is 63.6 Å². The highest BCUT2D eigenvalue weighted by molar-refractivity contribution is 14.1. The molecule has 1 saturated carbocycles. The Labute approximate surface area is 348 Å². The summed E-state index contributed by atoms with van der Waals surface area (Å²) in [4.78, 5) is 72.6. The molecule has 0 bridgehead atoms. The van der Waals surface area contributed by atoms with Gasteiger partial charge in [-0.2, -0.15) is 5.10 Å². The third-order valence-corrected chi connectivity index (χ3v) is 14.8. The lowest BCUT2D eigenvalue weighted by molar-refractivity contribution is -0.384. The molecule has 2 aliphatic heterocycles. The van der Waals surface area contributed by atoms with Gasteiger partial charge in [-0.25, -0.2) is 4.90 Å². The number of aryl methyl sites for hydroxylation is 2. The normalized spacial score (nSPS) is 25.5. The average molecular weight is 918 g/mol. The van der Waals surface area contributed by atoms with Gasteiger partial charge in [0.15, 0.2) is 11.5 Å². The Morgan fingerprint density at radius 3 is 2.46 bits per heavy atom. The molecule has 3 fully saturated rings. The summed E-state index contributed by atoms with van der Waals surface area (Å²) in [5, 5.41) is 28.6. The minimum Gasteiger partial charge on any atom is -0.504 e. The molecule has 57 heavy (non-hydrogen) atoms. The molecule has 0 unspecified atom stereocenters. The van der Waals surface area contributed by atoms with Crippen molar-refractivity contribution in [2.24, 2.45) is 36.1 Å². The van der Waals surface area contributed by atoms with Crippen molar-refractivity contribution in [1.29, 1.82) is 0 Å². The topological polar surface area (TPSA) is 165 Å². The van der Waals surface area contributed by atoms with Gasteiger partial charge < -0.3 is 9.84 Å². The number of ether oxygens (including phenoxy) is 1. The van der Waals surface area contributed by atoms with Gasteiger partial charge in [-0.05, 0) is 114 Å². The molecule has 2 aliphatic carbocycles. The monoisotopic (exact) mass is 917 g/mol. The number of halogens is 2. The zero-order chi connectivity index (χ0) is 40.4. The van der Waals surface area contributed by atoms with E-state index in [1.807, 2.05) is 53.8 Å². The summed E-state index contributed by atoms with van der Waals surface area (Å²) in [5.41, 5.74) is 1.65. The van der Waals surface area contributed by atoms with Crippen LogP contribution in [0.3, 0.4) is 0 Å². The van der Waals surface area contributed by atoms with Gasteiger partial charge in [-0.1, -0.05) is 23.3 Å². The Bertz CT molecular complexity index is 2670. The zero-order valence-corrected chi connectivity index (χ0v) is 34.6. The van der Waals surface area contributed by atoms with Crippen LogP contribution in [0.4, 0.5) is 17.2 Å². The minimum atomic E-state index is -1.35. The second-order valence-electron chi connectivity index (χ2n) is 15.2. The van der Waals surface area contributed by atoms with Crippen LogP contribution in [0.15, 0.2) is 72.3 Å². The fourth-order valence-electron chi connectivity index (χ4n) is 9.72. The number of thiophene rings is 1. The summed E-state index contributed by atoms with van der Waals surface area (Å²) in [7, 11) is 3.12. The highest BCUT2D eigenvalue weighted by Gasteiger charge is 2.68. The quantitative estimate of drug-likeness (QED) is 0.0586. The Hall–Kier alpha value is -5.13. The van der Waals surface area contributed by atoms with Crippen molar-refractivity contribution in [1.82, 2.24) is 9.78 Å². The summed E-state index contributed by atoms with van der Waals surface area (Å²) >= 11 is 9.86. The molecule has 0 spiro atoms. The molecule has 0 radical (unpaired) electrons. The maximum atomic E-state index is 15.2. The van der Waals surface area contributed by atoms with Crippen LogP contribution >= 0.6 is 45.5 Å². The second kappa shape index (κ2) is 13.2. The predicted molar refractivity (Wildman–Crippen MR) is 221 cm³/mol. The van der Waals surface area contributed by atoms with Crippen molar-refractivity contribution in [3.63, 3.8) is 0 Å². The number of aromatic hydroxyl groups is 1. The number of benzene rings is 3. The summed E-state index contributed by atoms with van der Waals surface area (Å²) < 4.78 is 8.59. The first-order valence-corrected chi connectivity index (χ1v) is 20.4. The van der Waals surface area contributed by atoms with Gasteiger partial charge in [0.1, 0.15) is 11.5 Å². The lowest BCUT2D eigenvalue weighted by atomic mass is 9.51. The fraction of sp³-hybridized carbons (Fsp3) is 0.293. The van der Waals surface area contributed by atoms with Crippen LogP contribution in [0.25, 0.3) is 20.7 Å². The molecule has 13 nitrogen and oxygen atoms in total. The maximum absolute atomic E-state index is 15.2. The van der Waals surface area contributed by atoms with Crippen LogP contribution in [-0.4, -0.2) is 50.5 Å². The molecule has 290 valence electrons. The Morgan fingerprint density at radius 1 is 1.02 bits per heavy atom. The molecule has 4 amide bonds. The zero-order valence-electron chi connectivity index (χ0n) is 30.9. The van der Waals surface area contributed by atoms with Crippen LogP contribution < -0.4 is 14.5 Å². The Balaban J connectivity index is 1.16. The maximum Gasteiger partial charge on any atom is 0.269 e. The van der Waals surface area contributed by atoms with Crippen molar-refractivity contribution in [3.05, 3.63) is 102 Å². The molecular formula is C41H33ClIN5O8S. The van der Waals surface area contributed by atoms with E-state index in [2.05, 4.69) is 0 Å². The smallest absolute Gasteiger partial charge is 0.269 e. The van der Waals surface area contributed by atoms with E-state index in [0.29, 0.717) is 25.7 Å². The van der Waals surface area contributed by atoms with E-state index in [1.165, 1.54) is 41.0 Å². The predicted octanol–water partition coefficient (Wildman–Crippen LogP) is 7.93. The highest BCUT2D eigenvalue weighted by Crippen LogP contribution is 2.64. The molecular weight excluding hydrogens is 885 g/mol. The Morgan fingerprint density at radius 2 is 1.75 bits per heavy atom. The lowest BCUT2D eigenvalue weighted by Gasteiger charge is -2.49. The van der Waals surface area contributed by atoms with Crippen molar-refractivity contribution in [2.45, 2.75) is 32.6 Å². The van der Waals surface area contributed by atoms with E-state index >= 15 is 4.79 Å². The SMILES string of the molecule is COc1cc([C@H]2C3=CC[C@@H]4C(=O)N(c5ccc([N+](=O)[O-])cc5)C(=O)[C@@H]4[C@@H]3C[C@H]3C(=O)N(c4cc(-c5sc6ccc(Cl)cc6c5C)nn4C)C(=O)[C@@]23C)cc(I)c1O. The van der Waals surface area contributed by atoms with Gasteiger partial charge in [0.05, 0.1) is 49.3 Å². The van der Waals surface area contributed by atoms with Gasteiger partial charge in [-0.15, -0.1) is 11.3 Å². The van der Waals surface area contributed by atoms with Gasteiger partial charge >= 0.3 is 0 Å². The Kier molecular flexibility index (Phi) is 8.68. The number of imide groups is 2. The van der Waals surface area contributed by atoms with Crippen molar-refractivity contribution in [3.8, 4) is 22.1 Å². The largest absolute Gasteiger partial charge is 0.504 e. The standard InChI is InChI=1S/C41H33ClIN5O8S/c1-18-25-15-20(42)5-12-31(25)57-36(18)29-17-32(45(3)44-29)47-38(51)27-16-26-23(34(41(27,2)40(47)53)19-13-28(43)35(49)30(14-19)56-4)10-11-24-33(26)39(52)46(37(24)50)21-6-8-22(9-7-21)48(54)55/h5-10,12-15,17,24,26-27,33-34,49H,11,16H2,1-4H3/t24-,26+,27-,33-,34-,41+/m0/s1. The summed E-state index contributed by atoms with van der Waals surface area (Å²) in [6, 6.07) is 16.2. The number of amides is 4. The first-order chi connectivity index (χ1) is 27.1. The summed E-state index contributed by atoms with van der Waals surface area (Å²) in [6.07, 6.45) is 2.28. The molecule has 4 heterocycles. The number of fused-ring (bicyclic) bond motifs is 5. The second-order valence-corrected chi connectivity index (χ2v) is 17.9. The fourth-order valence-corrected chi connectivity index (χ4v) is 11.7. The first-order valence-electron chi connectivity index (χ1n) is 18.2. The van der Waals surface area contributed by atoms with Crippen molar-refractivity contribution < 1.29 is 33.9 Å². The van der Waals surface area contributed by atoms with Gasteiger partial charge in [0.2, 0.25) is 23.6 Å². The number of allylic oxidation sites excluding steroid dienone is 2. The summed E-state index contributed by atoms with van der Waals surface area (Å²) in [6.45, 7) is 3.78. The van der Waals surface area contributed by atoms with E-state index in [-0.39, 0.29) is 35.7 Å². The average Bonchev–Trinajstić information content (AvgIpc) is 3.86. The molecule has 2 aromatic heterocycles. The number of carbonyl (C=O) groups excluding carboxylic acids is 4. The number of nitro groups is 1. The minimum absolute atomic E-state index is 0.0689. The third kappa shape index (κ3) is 5.34. The number of methoxy groups -OCH3 is 1. The molecule has 2 saturated heterocycles. The van der Waals surface area contributed by atoms with Crippen LogP contribution in [0.2, 0.25) is 5.02 Å². The molecule has 3 aromatic carbocycles. The van der Waals surface area contributed by atoms with E-state index in [1.54, 1.807) is 43.5 Å². The highest BCUT2D eigenvalue weighted by atomic mass is 127. The van der Waals surface area contributed by atoms with E-state index in [9.17, 15) is 29.6 Å². The number of phenolic OH excluding ortho intramolecular Hbond substituents is 1. The van der Waals surface area contributed by atoms with Gasteiger partial charge in [0.25, 0.3) is 5.69 Å². The lowest BCUT2D eigenvalue weighted by Crippen LogP contribution is -2.49. The number of rotatable bonds is 6. The molecule has 6 atom stereocenters. The molecule has 9 rings (SSSR count). The third-order valence-electron chi connectivity index (χ3n) is 12.4.